The molecule has 0 aliphatic carbocycles. The van der Waals surface area contributed by atoms with Crippen molar-refractivity contribution in [1.29, 1.82) is 0 Å². The Morgan fingerprint density at radius 1 is 1.53 bits per heavy atom. The van der Waals surface area contributed by atoms with E-state index in [1.807, 2.05) is 0 Å². The molecule has 1 rings (SSSR count). The summed E-state index contributed by atoms with van der Waals surface area (Å²) >= 11 is 0. The van der Waals surface area contributed by atoms with Gasteiger partial charge in [0.2, 0.25) is 0 Å². The molecule has 0 aliphatic heterocycles. The van der Waals surface area contributed by atoms with Crippen LogP contribution in [0.25, 0.3) is 0 Å². The van der Waals surface area contributed by atoms with Gasteiger partial charge in [-0.1, -0.05) is 0 Å². The normalized spacial score (nSPS) is 11.2. The predicted octanol–water partition coefficient (Wildman–Crippen LogP) is 1.48. The van der Waals surface area contributed by atoms with E-state index < -0.39 is 16.9 Å². The van der Waals surface area contributed by atoms with E-state index in [-0.39, 0.29) is 12.1 Å². The van der Waals surface area contributed by atoms with Crippen molar-refractivity contribution < 1.29 is 14.8 Å². The molecule has 1 aromatic carbocycles. The van der Waals surface area contributed by atoms with Crippen molar-refractivity contribution >= 4 is 17.3 Å². The van der Waals surface area contributed by atoms with Crippen molar-refractivity contribution in [2.45, 2.75) is 12.5 Å². The topological polar surface area (TPSA) is 92.5 Å². The second kappa shape index (κ2) is 5.51. The first-order chi connectivity index (χ1) is 8.04. The summed E-state index contributed by atoms with van der Waals surface area (Å²) < 4.78 is 0. The Morgan fingerprint density at radius 3 is 2.53 bits per heavy atom. The average molecular weight is 234 g/mol. The smallest absolute Gasteiger partial charge is 0.327 e. The van der Waals surface area contributed by atoms with Crippen LogP contribution in [0.5, 0.6) is 0 Å². The molecule has 0 bridgehead atoms. The van der Waals surface area contributed by atoms with E-state index in [0.29, 0.717) is 5.69 Å². The van der Waals surface area contributed by atoms with E-state index in [4.69, 9.17) is 11.5 Å². The minimum absolute atomic E-state index is 0.0340. The van der Waals surface area contributed by atoms with Gasteiger partial charge in [0, 0.05) is 24.2 Å². The van der Waals surface area contributed by atoms with Crippen LogP contribution >= 0.6 is 0 Å². The quantitative estimate of drug-likeness (QED) is 0.457. The van der Waals surface area contributed by atoms with Crippen LogP contribution in [0.1, 0.15) is 6.42 Å². The van der Waals surface area contributed by atoms with E-state index in [0.717, 1.165) is 0 Å². The van der Waals surface area contributed by atoms with Crippen molar-refractivity contribution in [3.63, 3.8) is 0 Å². The van der Waals surface area contributed by atoms with E-state index in [2.05, 4.69) is 11.2 Å². The van der Waals surface area contributed by atoms with Crippen LogP contribution in [-0.2, 0) is 4.79 Å². The summed E-state index contributed by atoms with van der Waals surface area (Å²) in [4.78, 5) is 20.7. The summed E-state index contributed by atoms with van der Waals surface area (Å²) in [7, 11) is 0. The molecular weight excluding hydrogens is 224 g/mol. The first kappa shape index (κ1) is 12.5. The summed E-state index contributed by atoms with van der Waals surface area (Å²) in [5, 5.41) is 21.9. The molecule has 0 heterocycles. The third-order valence-electron chi connectivity index (χ3n) is 2.04. The third kappa shape index (κ3) is 3.50. The first-order valence-electron chi connectivity index (χ1n) is 4.72. The maximum Gasteiger partial charge on any atom is 0.327 e. The van der Waals surface area contributed by atoms with Gasteiger partial charge < -0.3 is 10.4 Å². The number of hydrogen-bond donors (Lipinski definition) is 2. The zero-order valence-corrected chi connectivity index (χ0v) is 8.79. The largest absolute Gasteiger partial charge is 0.480 e. The van der Waals surface area contributed by atoms with Gasteiger partial charge in [0.05, 0.1) is 4.92 Å². The highest BCUT2D eigenvalue weighted by atomic mass is 16.6. The molecule has 0 radical (unpaired) electrons. The van der Waals surface area contributed by atoms with E-state index in [1.165, 1.54) is 24.3 Å². The number of rotatable bonds is 5. The Balaban J connectivity index is 2.77. The van der Waals surface area contributed by atoms with Crippen molar-refractivity contribution in [1.82, 2.24) is 0 Å². The fraction of sp³-hybridized carbons (Fsp3) is 0.182. The molecule has 1 unspecified atom stereocenters. The molecule has 1 atom stereocenters. The minimum Gasteiger partial charge on any atom is -0.480 e. The summed E-state index contributed by atoms with van der Waals surface area (Å²) in [6.45, 7) is 0. The Hall–Kier alpha value is -2.55. The number of nitro benzene ring substituents is 1. The van der Waals surface area contributed by atoms with Crippen LogP contribution in [0.2, 0.25) is 0 Å². The van der Waals surface area contributed by atoms with Crippen LogP contribution < -0.4 is 5.32 Å². The lowest BCUT2D eigenvalue weighted by molar-refractivity contribution is -0.384. The number of hydrogen-bond acceptors (Lipinski definition) is 4. The first-order valence-corrected chi connectivity index (χ1v) is 4.72. The predicted molar refractivity (Wildman–Crippen MR) is 61.6 cm³/mol. The Labute approximate surface area is 97.4 Å². The van der Waals surface area contributed by atoms with Crippen LogP contribution in [0.3, 0.4) is 0 Å². The molecule has 0 saturated carbocycles. The number of nitro groups is 1. The van der Waals surface area contributed by atoms with E-state index >= 15 is 0 Å². The summed E-state index contributed by atoms with van der Waals surface area (Å²) in [5.41, 5.74) is 0.414. The number of carbonyl (C=O) groups is 1. The minimum atomic E-state index is -1.07. The van der Waals surface area contributed by atoms with Gasteiger partial charge in [0.1, 0.15) is 6.04 Å². The fourth-order valence-corrected chi connectivity index (χ4v) is 1.20. The van der Waals surface area contributed by atoms with Crippen LogP contribution in [0.15, 0.2) is 24.3 Å². The number of carboxylic acids is 1. The standard InChI is InChI=1S/C11H10N2O4/c1-2-3-10(11(14)15)12-8-4-6-9(7-5-8)13(16)17/h1,4-7,10,12H,3H2,(H,14,15). The third-order valence-corrected chi connectivity index (χ3v) is 2.04. The van der Waals surface area contributed by atoms with E-state index in [9.17, 15) is 14.9 Å². The number of terminal acetylenes is 1. The molecule has 0 fully saturated rings. The number of nitrogens with zero attached hydrogens (tertiary/aromatic N) is 1. The molecule has 1 aromatic rings. The monoisotopic (exact) mass is 234 g/mol. The summed E-state index contributed by atoms with van der Waals surface area (Å²) in [5.74, 6) is 1.18. The lowest BCUT2D eigenvalue weighted by Crippen LogP contribution is -2.28. The Bertz CT molecular complexity index is 461. The number of carboxylic acid groups (broad SMARTS) is 1. The Morgan fingerprint density at radius 2 is 2.12 bits per heavy atom. The zero-order chi connectivity index (χ0) is 12.8. The lowest BCUT2D eigenvalue weighted by atomic mass is 10.2. The van der Waals surface area contributed by atoms with Gasteiger partial charge >= 0.3 is 5.97 Å². The number of nitrogens with one attached hydrogen (secondary N) is 1. The van der Waals surface area contributed by atoms with Gasteiger partial charge in [-0.15, -0.1) is 12.3 Å². The van der Waals surface area contributed by atoms with Crippen molar-refractivity contribution in [2.24, 2.45) is 0 Å². The molecular formula is C11H10N2O4. The molecule has 6 heteroatoms. The molecule has 2 N–H and O–H groups in total. The number of anilines is 1. The highest BCUT2D eigenvalue weighted by Gasteiger charge is 2.15. The maximum atomic E-state index is 10.8. The zero-order valence-electron chi connectivity index (χ0n) is 8.79. The lowest BCUT2D eigenvalue weighted by Gasteiger charge is -2.12. The molecule has 0 spiro atoms. The molecule has 88 valence electrons. The SMILES string of the molecule is C#CCC(Nc1ccc([N+](=O)[O-])cc1)C(=O)O. The summed E-state index contributed by atoms with van der Waals surface area (Å²) in [6.07, 6.45) is 5.08. The van der Waals surface area contributed by atoms with Gasteiger partial charge in [-0.05, 0) is 12.1 Å². The number of non-ortho nitro benzene ring substituents is 1. The number of benzene rings is 1. The molecule has 0 amide bonds. The highest BCUT2D eigenvalue weighted by molar-refractivity contribution is 5.77. The van der Waals surface area contributed by atoms with Crippen molar-refractivity contribution in [3.05, 3.63) is 34.4 Å². The molecule has 6 nitrogen and oxygen atoms in total. The van der Waals surface area contributed by atoms with Crippen LogP contribution in [-0.4, -0.2) is 22.0 Å². The van der Waals surface area contributed by atoms with Crippen molar-refractivity contribution in [3.8, 4) is 12.3 Å². The van der Waals surface area contributed by atoms with Crippen molar-refractivity contribution in [2.75, 3.05) is 5.32 Å². The van der Waals surface area contributed by atoms with Gasteiger partial charge in [-0.2, -0.15) is 0 Å². The molecule has 0 saturated heterocycles. The van der Waals surface area contributed by atoms with Crippen LogP contribution in [0.4, 0.5) is 11.4 Å². The molecule has 0 aromatic heterocycles. The number of aliphatic carboxylic acids is 1. The average Bonchev–Trinajstić information content (AvgIpc) is 2.29. The fourth-order valence-electron chi connectivity index (χ4n) is 1.20. The second-order valence-corrected chi connectivity index (χ2v) is 3.25. The van der Waals surface area contributed by atoms with E-state index in [1.54, 1.807) is 0 Å². The highest BCUT2D eigenvalue weighted by Crippen LogP contribution is 2.16. The second-order valence-electron chi connectivity index (χ2n) is 3.25. The maximum absolute atomic E-state index is 10.8. The van der Waals surface area contributed by atoms with Gasteiger partial charge in [0.15, 0.2) is 0 Å². The van der Waals surface area contributed by atoms with Gasteiger partial charge in [-0.25, -0.2) is 4.79 Å². The molecule has 17 heavy (non-hydrogen) atoms. The van der Waals surface area contributed by atoms with Gasteiger partial charge in [-0.3, -0.25) is 10.1 Å². The summed E-state index contributed by atoms with van der Waals surface area (Å²) in [6, 6.07) is 4.55. The Kier molecular flexibility index (Phi) is 4.06. The van der Waals surface area contributed by atoms with Gasteiger partial charge in [0.25, 0.3) is 5.69 Å². The van der Waals surface area contributed by atoms with Crippen LogP contribution in [0, 0.1) is 22.5 Å². The molecule has 0 aliphatic rings.